The highest BCUT2D eigenvalue weighted by Gasteiger charge is 2.41. The molecule has 168 valence electrons. The quantitative estimate of drug-likeness (QED) is 0.452. The summed E-state index contributed by atoms with van der Waals surface area (Å²) in [5.74, 6) is 3.03. The summed E-state index contributed by atoms with van der Waals surface area (Å²) in [5, 5.41) is 7.08. The standard InChI is InChI=1S/C27H26N2O4/c1-4-15-32-20-12-9-18(10-13-20)22-17-23-21-7-5-6-8-24(21)33-27(29(23)28-22)19-11-14-25(30-2)26(16-19)31-3/h4-14,16,23,27H,1,15,17H2,2-3H3/t23-,27+/m0/s1. The molecule has 0 amide bonds. The summed E-state index contributed by atoms with van der Waals surface area (Å²) in [5.41, 5.74) is 4.17. The fourth-order valence-corrected chi connectivity index (χ4v) is 4.33. The molecule has 6 nitrogen and oxygen atoms in total. The summed E-state index contributed by atoms with van der Waals surface area (Å²) in [7, 11) is 3.27. The molecular formula is C27H26N2O4. The van der Waals surface area contributed by atoms with Crippen LogP contribution in [-0.4, -0.2) is 31.5 Å². The Kier molecular flexibility index (Phi) is 5.65. The molecule has 2 atom stereocenters. The summed E-state index contributed by atoms with van der Waals surface area (Å²) < 4.78 is 23.0. The first kappa shape index (κ1) is 20.9. The van der Waals surface area contributed by atoms with Gasteiger partial charge in [-0.3, -0.25) is 0 Å². The van der Waals surface area contributed by atoms with Crippen molar-refractivity contribution < 1.29 is 18.9 Å². The van der Waals surface area contributed by atoms with Crippen molar-refractivity contribution >= 4 is 5.71 Å². The third-order valence-electron chi connectivity index (χ3n) is 5.95. The van der Waals surface area contributed by atoms with Gasteiger partial charge in [-0.1, -0.05) is 30.9 Å². The first-order chi connectivity index (χ1) is 16.2. The molecule has 0 aromatic heterocycles. The van der Waals surface area contributed by atoms with Gasteiger partial charge in [0.2, 0.25) is 6.23 Å². The molecule has 0 radical (unpaired) electrons. The predicted octanol–water partition coefficient (Wildman–Crippen LogP) is 5.51. The van der Waals surface area contributed by atoms with E-state index in [4.69, 9.17) is 24.0 Å². The van der Waals surface area contributed by atoms with Gasteiger partial charge in [0.25, 0.3) is 0 Å². The van der Waals surface area contributed by atoms with Crippen LogP contribution in [0.5, 0.6) is 23.0 Å². The van der Waals surface area contributed by atoms with Crippen molar-refractivity contribution in [2.75, 3.05) is 20.8 Å². The molecule has 0 unspecified atom stereocenters. The number of ether oxygens (including phenoxy) is 4. The average molecular weight is 443 g/mol. The second-order valence-corrected chi connectivity index (χ2v) is 7.89. The zero-order valence-corrected chi connectivity index (χ0v) is 18.7. The van der Waals surface area contributed by atoms with Crippen LogP contribution in [0, 0.1) is 0 Å². The van der Waals surface area contributed by atoms with Crippen molar-refractivity contribution in [2.45, 2.75) is 18.7 Å². The lowest BCUT2D eigenvalue weighted by Crippen LogP contribution is -2.33. The molecule has 2 heterocycles. The van der Waals surface area contributed by atoms with Crippen molar-refractivity contribution in [3.63, 3.8) is 0 Å². The summed E-state index contributed by atoms with van der Waals surface area (Å²) >= 11 is 0. The molecule has 0 saturated heterocycles. The Hall–Kier alpha value is -3.93. The van der Waals surface area contributed by atoms with Crippen LogP contribution in [-0.2, 0) is 0 Å². The van der Waals surface area contributed by atoms with E-state index in [-0.39, 0.29) is 12.3 Å². The molecule has 2 aliphatic heterocycles. The Morgan fingerprint density at radius 1 is 1.03 bits per heavy atom. The predicted molar refractivity (Wildman–Crippen MR) is 127 cm³/mol. The summed E-state index contributed by atoms with van der Waals surface area (Å²) in [6.45, 7) is 4.18. The number of hydrogen-bond acceptors (Lipinski definition) is 6. The van der Waals surface area contributed by atoms with Crippen molar-refractivity contribution in [3.05, 3.63) is 96.1 Å². The highest BCUT2D eigenvalue weighted by atomic mass is 16.5. The molecule has 33 heavy (non-hydrogen) atoms. The van der Waals surface area contributed by atoms with Gasteiger partial charge in [0, 0.05) is 17.5 Å². The molecule has 3 aromatic rings. The van der Waals surface area contributed by atoms with Crippen molar-refractivity contribution in [2.24, 2.45) is 5.10 Å². The number of fused-ring (bicyclic) bond motifs is 3. The number of hydrogen-bond donors (Lipinski definition) is 0. The SMILES string of the molecule is C=CCOc1ccc(C2=NN3[C@@H](c4ccc(OC)c(OC)c4)Oc4ccccc4[C@@H]3C2)cc1. The van der Waals surface area contributed by atoms with Crippen LogP contribution in [0.25, 0.3) is 0 Å². The van der Waals surface area contributed by atoms with Gasteiger partial charge in [-0.2, -0.15) is 5.10 Å². The Labute approximate surface area is 193 Å². The molecule has 0 saturated carbocycles. The van der Waals surface area contributed by atoms with E-state index in [9.17, 15) is 0 Å². The molecule has 0 aliphatic carbocycles. The lowest BCUT2D eigenvalue weighted by Gasteiger charge is -2.38. The van der Waals surface area contributed by atoms with Gasteiger partial charge in [-0.25, -0.2) is 5.01 Å². The first-order valence-corrected chi connectivity index (χ1v) is 10.9. The Bertz CT molecular complexity index is 1190. The van der Waals surface area contributed by atoms with Gasteiger partial charge in [0.15, 0.2) is 11.5 Å². The van der Waals surface area contributed by atoms with Gasteiger partial charge >= 0.3 is 0 Å². The Morgan fingerprint density at radius 2 is 1.82 bits per heavy atom. The number of para-hydroxylation sites is 1. The number of nitrogens with zero attached hydrogens (tertiary/aromatic N) is 2. The van der Waals surface area contributed by atoms with Gasteiger partial charge in [0.05, 0.1) is 26.0 Å². The summed E-state index contributed by atoms with van der Waals surface area (Å²) in [6, 6.07) is 22.1. The van der Waals surface area contributed by atoms with E-state index in [1.54, 1.807) is 20.3 Å². The fourth-order valence-electron chi connectivity index (χ4n) is 4.33. The summed E-state index contributed by atoms with van der Waals surface area (Å²) in [4.78, 5) is 0. The molecule has 5 rings (SSSR count). The monoisotopic (exact) mass is 442 g/mol. The van der Waals surface area contributed by atoms with E-state index in [0.717, 1.165) is 40.3 Å². The average Bonchev–Trinajstić information content (AvgIpc) is 3.32. The highest BCUT2D eigenvalue weighted by molar-refractivity contribution is 6.02. The molecule has 0 N–H and O–H groups in total. The minimum Gasteiger partial charge on any atom is -0.493 e. The third-order valence-corrected chi connectivity index (χ3v) is 5.95. The lowest BCUT2D eigenvalue weighted by molar-refractivity contribution is -0.0191. The van der Waals surface area contributed by atoms with E-state index in [1.165, 1.54) is 0 Å². The molecular weight excluding hydrogens is 416 g/mol. The first-order valence-electron chi connectivity index (χ1n) is 10.9. The summed E-state index contributed by atoms with van der Waals surface area (Å²) in [6.07, 6.45) is 2.15. The maximum Gasteiger partial charge on any atom is 0.214 e. The molecule has 0 fully saturated rings. The maximum absolute atomic E-state index is 6.45. The van der Waals surface area contributed by atoms with Crippen molar-refractivity contribution in [1.82, 2.24) is 5.01 Å². The van der Waals surface area contributed by atoms with Crippen LogP contribution < -0.4 is 18.9 Å². The minimum absolute atomic E-state index is 0.0831. The largest absolute Gasteiger partial charge is 0.493 e. The topological polar surface area (TPSA) is 52.5 Å². The number of benzene rings is 3. The van der Waals surface area contributed by atoms with Crippen LogP contribution in [0.15, 0.2) is 84.5 Å². The fraction of sp³-hybridized carbons (Fsp3) is 0.222. The Morgan fingerprint density at radius 3 is 2.58 bits per heavy atom. The van der Waals surface area contributed by atoms with E-state index < -0.39 is 0 Å². The van der Waals surface area contributed by atoms with Gasteiger partial charge in [0.1, 0.15) is 18.1 Å². The molecule has 0 spiro atoms. The zero-order valence-electron chi connectivity index (χ0n) is 18.7. The molecule has 0 bridgehead atoms. The second kappa shape index (κ2) is 8.90. The highest BCUT2D eigenvalue weighted by Crippen LogP contribution is 2.48. The zero-order chi connectivity index (χ0) is 22.8. The molecule has 6 heteroatoms. The van der Waals surface area contributed by atoms with Crippen LogP contribution in [0.1, 0.15) is 35.4 Å². The Balaban J connectivity index is 1.51. The van der Waals surface area contributed by atoms with E-state index in [0.29, 0.717) is 18.1 Å². The van der Waals surface area contributed by atoms with Crippen molar-refractivity contribution in [3.8, 4) is 23.0 Å². The maximum atomic E-state index is 6.45. The lowest BCUT2D eigenvalue weighted by atomic mass is 9.96. The van der Waals surface area contributed by atoms with Gasteiger partial charge in [-0.15, -0.1) is 0 Å². The van der Waals surface area contributed by atoms with Crippen LogP contribution >= 0.6 is 0 Å². The van der Waals surface area contributed by atoms with E-state index in [2.05, 4.69) is 17.7 Å². The number of hydrazone groups is 1. The molecule has 3 aromatic carbocycles. The minimum atomic E-state index is -0.377. The van der Waals surface area contributed by atoms with Crippen LogP contribution in [0.3, 0.4) is 0 Å². The smallest absolute Gasteiger partial charge is 0.214 e. The number of methoxy groups -OCH3 is 2. The molecule has 2 aliphatic rings. The van der Waals surface area contributed by atoms with Gasteiger partial charge < -0.3 is 18.9 Å². The number of rotatable bonds is 7. The normalized spacial score (nSPS) is 18.5. The van der Waals surface area contributed by atoms with E-state index >= 15 is 0 Å². The van der Waals surface area contributed by atoms with Crippen LogP contribution in [0.2, 0.25) is 0 Å². The van der Waals surface area contributed by atoms with Crippen LogP contribution in [0.4, 0.5) is 0 Å². The third kappa shape index (κ3) is 3.89. The van der Waals surface area contributed by atoms with E-state index in [1.807, 2.05) is 60.7 Å². The van der Waals surface area contributed by atoms with Gasteiger partial charge in [-0.05, 0) is 54.1 Å². The second-order valence-electron chi connectivity index (χ2n) is 7.89. The van der Waals surface area contributed by atoms with Crippen molar-refractivity contribution in [1.29, 1.82) is 0 Å².